The minimum atomic E-state index is 0.414. The van der Waals surface area contributed by atoms with E-state index in [-0.39, 0.29) is 0 Å². The molecule has 5 heteroatoms. The van der Waals surface area contributed by atoms with Crippen LogP contribution in [0.25, 0.3) is 11.4 Å². The van der Waals surface area contributed by atoms with Gasteiger partial charge < -0.3 is 5.73 Å². The molecule has 2 rings (SSSR count). The molecule has 0 spiro atoms. The third-order valence-electron chi connectivity index (χ3n) is 2.08. The summed E-state index contributed by atoms with van der Waals surface area (Å²) in [4.78, 5) is 12.8. The van der Waals surface area contributed by atoms with E-state index < -0.39 is 0 Å². The maximum Gasteiger partial charge on any atom is 0.161 e. The Bertz CT molecular complexity index is 513. The Balaban J connectivity index is 2.51. The molecule has 0 aliphatic carbocycles. The fourth-order valence-electron chi connectivity index (χ4n) is 1.40. The highest BCUT2D eigenvalue weighted by Crippen LogP contribution is 2.18. The van der Waals surface area contributed by atoms with Crippen molar-refractivity contribution < 1.29 is 0 Å². The molecule has 0 atom stereocenters. The lowest BCUT2D eigenvalue weighted by atomic mass is 10.2. The van der Waals surface area contributed by atoms with Crippen molar-refractivity contribution in [2.75, 3.05) is 0 Å². The van der Waals surface area contributed by atoms with Gasteiger partial charge in [-0.2, -0.15) is 0 Å². The Morgan fingerprint density at radius 2 is 2.06 bits per heavy atom. The minimum Gasteiger partial charge on any atom is -0.325 e. The molecule has 2 N–H and O–H groups in total. The molecule has 0 radical (unpaired) electrons. The van der Waals surface area contributed by atoms with Gasteiger partial charge in [-0.05, 0) is 35.0 Å². The number of halogens is 1. The van der Waals surface area contributed by atoms with E-state index in [1.807, 2.05) is 19.1 Å². The number of rotatable bonds is 2. The molecule has 0 amide bonds. The number of pyridine rings is 1. The first-order valence-electron chi connectivity index (χ1n) is 4.84. The number of hydrogen-bond donors (Lipinski definition) is 1. The summed E-state index contributed by atoms with van der Waals surface area (Å²) in [7, 11) is 0. The summed E-state index contributed by atoms with van der Waals surface area (Å²) >= 11 is 3.37. The highest BCUT2D eigenvalue weighted by atomic mass is 79.9. The highest BCUT2D eigenvalue weighted by Gasteiger charge is 2.05. The van der Waals surface area contributed by atoms with Crippen LogP contribution in [0.2, 0.25) is 0 Å². The van der Waals surface area contributed by atoms with Crippen LogP contribution in [0.4, 0.5) is 0 Å². The van der Waals surface area contributed by atoms with Crippen molar-refractivity contribution in [2.45, 2.75) is 13.5 Å². The standard InChI is InChI=1S/C11H11BrN4/c1-7-2-10(4-13)16-11(15-7)8-3-9(12)6-14-5-8/h2-3,5-6H,4,13H2,1H3. The fraction of sp³-hybridized carbons (Fsp3) is 0.182. The molecule has 0 saturated carbocycles. The molecule has 2 heterocycles. The van der Waals surface area contributed by atoms with Crippen LogP contribution in [0.3, 0.4) is 0 Å². The molecule has 0 unspecified atom stereocenters. The van der Waals surface area contributed by atoms with Crippen LogP contribution in [0.15, 0.2) is 29.0 Å². The molecule has 0 aliphatic heterocycles. The van der Waals surface area contributed by atoms with Crippen molar-refractivity contribution in [3.63, 3.8) is 0 Å². The van der Waals surface area contributed by atoms with Gasteiger partial charge in [0.05, 0.1) is 5.69 Å². The van der Waals surface area contributed by atoms with E-state index in [0.29, 0.717) is 12.4 Å². The van der Waals surface area contributed by atoms with Crippen molar-refractivity contribution in [2.24, 2.45) is 5.73 Å². The van der Waals surface area contributed by atoms with Gasteiger partial charge in [-0.15, -0.1) is 0 Å². The third kappa shape index (κ3) is 2.43. The Morgan fingerprint density at radius 1 is 1.25 bits per heavy atom. The van der Waals surface area contributed by atoms with Crippen LogP contribution in [0, 0.1) is 6.92 Å². The fourth-order valence-corrected chi connectivity index (χ4v) is 1.77. The van der Waals surface area contributed by atoms with Gasteiger partial charge in [0.15, 0.2) is 5.82 Å². The van der Waals surface area contributed by atoms with E-state index in [9.17, 15) is 0 Å². The van der Waals surface area contributed by atoms with Gasteiger partial charge in [0, 0.05) is 34.7 Å². The van der Waals surface area contributed by atoms with E-state index in [0.717, 1.165) is 21.4 Å². The summed E-state index contributed by atoms with van der Waals surface area (Å²) in [6, 6.07) is 3.82. The van der Waals surface area contributed by atoms with Crippen LogP contribution >= 0.6 is 15.9 Å². The van der Waals surface area contributed by atoms with Gasteiger partial charge in [0.1, 0.15) is 0 Å². The van der Waals surface area contributed by atoms with Gasteiger partial charge in [0.2, 0.25) is 0 Å². The first-order valence-corrected chi connectivity index (χ1v) is 5.64. The second-order valence-electron chi connectivity index (χ2n) is 3.42. The minimum absolute atomic E-state index is 0.414. The lowest BCUT2D eigenvalue weighted by Gasteiger charge is -2.04. The SMILES string of the molecule is Cc1cc(CN)nc(-c2cncc(Br)c2)n1. The molecule has 4 nitrogen and oxygen atoms in total. The van der Waals surface area contributed by atoms with Crippen LogP contribution in [0.5, 0.6) is 0 Å². The maximum atomic E-state index is 5.58. The second kappa shape index (κ2) is 4.67. The second-order valence-corrected chi connectivity index (χ2v) is 4.34. The van der Waals surface area contributed by atoms with Gasteiger partial charge in [0.25, 0.3) is 0 Å². The number of nitrogens with zero attached hydrogens (tertiary/aromatic N) is 3. The average Bonchev–Trinajstić information content (AvgIpc) is 2.28. The van der Waals surface area contributed by atoms with Crippen LogP contribution in [0.1, 0.15) is 11.4 Å². The number of aryl methyl sites for hydroxylation is 1. The molecule has 0 aromatic carbocycles. The Kier molecular flexibility index (Phi) is 3.26. The Morgan fingerprint density at radius 3 is 2.75 bits per heavy atom. The summed E-state index contributed by atoms with van der Waals surface area (Å²) in [5.41, 5.74) is 8.21. The first kappa shape index (κ1) is 11.2. The predicted octanol–water partition coefficient (Wildman–Crippen LogP) is 2.07. The van der Waals surface area contributed by atoms with Crippen molar-refractivity contribution in [3.05, 3.63) is 40.4 Å². The molecular formula is C11H11BrN4. The van der Waals surface area contributed by atoms with Crippen molar-refractivity contribution in [1.82, 2.24) is 15.0 Å². The molecule has 0 fully saturated rings. The molecule has 0 aliphatic rings. The van der Waals surface area contributed by atoms with Crippen LogP contribution in [-0.2, 0) is 6.54 Å². The van der Waals surface area contributed by atoms with E-state index in [1.54, 1.807) is 12.4 Å². The first-order chi connectivity index (χ1) is 7.69. The zero-order chi connectivity index (χ0) is 11.5. The summed E-state index contributed by atoms with van der Waals surface area (Å²) in [6.07, 6.45) is 3.46. The maximum absolute atomic E-state index is 5.58. The Labute approximate surface area is 102 Å². The van der Waals surface area contributed by atoms with Crippen molar-refractivity contribution >= 4 is 15.9 Å². The van der Waals surface area contributed by atoms with E-state index >= 15 is 0 Å². The lowest BCUT2D eigenvalue weighted by Crippen LogP contribution is -2.03. The van der Waals surface area contributed by atoms with Crippen molar-refractivity contribution in [1.29, 1.82) is 0 Å². The Hall–Kier alpha value is -1.33. The molecule has 16 heavy (non-hydrogen) atoms. The van der Waals surface area contributed by atoms with Gasteiger partial charge in [-0.3, -0.25) is 4.98 Å². The van der Waals surface area contributed by atoms with Crippen molar-refractivity contribution in [3.8, 4) is 11.4 Å². The summed E-state index contributed by atoms with van der Waals surface area (Å²) in [5, 5.41) is 0. The monoisotopic (exact) mass is 278 g/mol. The molecule has 0 bridgehead atoms. The zero-order valence-corrected chi connectivity index (χ0v) is 10.4. The topological polar surface area (TPSA) is 64.7 Å². The number of nitrogens with two attached hydrogens (primary N) is 1. The van der Waals surface area contributed by atoms with E-state index in [1.165, 1.54) is 0 Å². The largest absolute Gasteiger partial charge is 0.325 e. The average molecular weight is 279 g/mol. The predicted molar refractivity (Wildman–Crippen MR) is 65.6 cm³/mol. The molecular weight excluding hydrogens is 268 g/mol. The van der Waals surface area contributed by atoms with Gasteiger partial charge in [-0.25, -0.2) is 9.97 Å². The number of aromatic nitrogens is 3. The smallest absolute Gasteiger partial charge is 0.161 e. The van der Waals surface area contributed by atoms with Crippen LogP contribution in [-0.4, -0.2) is 15.0 Å². The highest BCUT2D eigenvalue weighted by molar-refractivity contribution is 9.10. The van der Waals surface area contributed by atoms with Crippen LogP contribution < -0.4 is 5.73 Å². The third-order valence-corrected chi connectivity index (χ3v) is 2.51. The van der Waals surface area contributed by atoms with Gasteiger partial charge >= 0.3 is 0 Å². The van der Waals surface area contributed by atoms with E-state index in [2.05, 4.69) is 30.9 Å². The molecule has 0 saturated heterocycles. The normalized spacial score (nSPS) is 10.4. The molecule has 2 aromatic rings. The summed E-state index contributed by atoms with van der Waals surface area (Å²) < 4.78 is 0.907. The molecule has 2 aromatic heterocycles. The molecule has 82 valence electrons. The summed E-state index contributed by atoms with van der Waals surface area (Å²) in [6.45, 7) is 2.34. The lowest BCUT2D eigenvalue weighted by molar-refractivity contribution is 0.952. The number of hydrogen-bond acceptors (Lipinski definition) is 4. The quantitative estimate of drug-likeness (QED) is 0.914. The van der Waals surface area contributed by atoms with Gasteiger partial charge in [-0.1, -0.05) is 0 Å². The zero-order valence-electron chi connectivity index (χ0n) is 8.81. The summed E-state index contributed by atoms with van der Waals surface area (Å²) in [5.74, 6) is 0.661. The van der Waals surface area contributed by atoms with E-state index in [4.69, 9.17) is 5.73 Å².